The summed E-state index contributed by atoms with van der Waals surface area (Å²) in [6.07, 6.45) is 0. The second-order valence-corrected chi connectivity index (χ2v) is 5.31. The fourth-order valence-electron chi connectivity index (χ4n) is 1.42. The average molecular weight is 227 g/mol. The average Bonchev–Trinajstić information content (AvgIpc) is 2.17. The number of hydrogen-bond acceptors (Lipinski definition) is 1. The van der Waals surface area contributed by atoms with Crippen LogP contribution in [0.5, 0.6) is 0 Å². The summed E-state index contributed by atoms with van der Waals surface area (Å²) in [6, 6.07) is 4.09. The van der Waals surface area contributed by atoms with E-state index in [4.69, 9.17) is 0 Å². The van der Waals surface area contributed by atoms with Gasteiger partial charge in [-0.2, -0.15) is 0 Å². The van der Waals surface area contributed by atoms with Crippen molar-refractivity contribution in [1.29, 1.82) is 0 Å². The van der Waals surface area contributed by atoms with E-state index in [1.165, 1.54) is 6.07 Å². The Hall–Kier alpha value is -0.960. The van der Waals surface area contributed by atoms with Crippen molar-refractivity contribution in [2.24, 2.45) is 5.41 Å². The third-order valence-corrected chi connectivity index (χ3v) is 2.39. The Bertz CT molecular complexity index is 355. The lowest BCUT2D eigenvalue weighted by Gasteiger charge is -2.23. The van der Waals surface area contributed by atoms with Gasteiger partial charge in [0.05, 0.1) is 0 Å². The summed E-state index contributed by atoms with van der Waals surface area (Å²) in [4.78, 5) is 0. The van der Waals surface area contributed by atoms with Crippen LogP contribution in [-0.4, -0.2) is 6.54 Å². The number of halogens is 2. The lowest BCUT2D eigenvalue weighted by molar-refractivity contribution is 0.354. The summed E-state index contributed by atoms with van der Waals surface area (Å²) in [5, 5.41) is 3.20. The van der Waals surface area contributed by atoms with Gasteiger partial charge in [0.15, 0.2) is 11.6 Å². The fraction of sp³-hybridized carbons (Fsp3) is 0.538. The summed E-state index contributed by atoms with van der Waals surface area (Å²) in [5.74, 6) is -1.54. The molecular formula is C13H19F2N. The van der Waals surface area contributed by atoms with Crippen LogP contribution in [0.4, 0.5) is 8.78 Å². The molecule has 1 aromatic carbocycles. The zero-order chi connectivity index (χ0) is 12.3. The van der Waals surface area contributed by atoms with Crippen LogP contribution < -0.4 is 5.32 Å². The maximum atomic E-state index is 13.5. The smallest absolute Gasteiger partial charge is 0.163 e. The fourth-order valence-corrected chi connectivity index (χ4v) is 1.42. The Morgan fingerprint density at radius 2 is 1.88 bits per heavy atom. The summed E-state index contributed by atoms with van der Waals surface area (Å²) in [6.45, 7) is 8.87. The molecule has 0 aliphatic carbocycles. The van der Waals surface area contributed by atoms with Crippen LogP contribution in [-0.2, 0) is 0 Å². The molecule has 1 nitrogen and oxygen atoms in total. The number of rotatable bonds is 3. The van der Waals surface area contributed by atoms with Crippen LogP contribution in [0.3, 0.4) is 0 Å². The third kappa shape index (κ3) is 3.56. The lowest BCUT2D eigenvalue weighted by Crippen LogP contribution is -2.29. The maximum Gasteiger partial charge on any atom is 0.163 e. The number of benzene rings is 1. The first-order chi connectivity index (χ1) is 7.31. The topological polar surface area (TPSA) is 12.0 Å². The molecule has 0 saturated heterocycles. The van der Waals surface area contributed by atoms with Gasteiger partial charge in [-0.1, -0.05) is 32.9 Å². The molecule has 0 spiro atoms. The zero-order valence-corrected chi connectivity index (χ0v) is 10.3. The van der Waals surface area contributed by atoms with Crippen molar-refractivity contribution in [1.82, 2.24) is 5.32 Å². The molecule has 1 rings (SSSR count). The molecule has 0 aliphatic rings. The Kier molecular flexibility index (Phi) is 4.03. The normalized spacial score (nSPS) is 13.9. The first-order valence-electron chi connectivity index (χ1n) is 5.48. The summed E-state index contributed by atoms with van der Waals surface area (Å²) in [7, 11) is 0. The Balaban J connectivity index is 2.73. The minimum absolute atomic E-state index is 0.123. The van der Waals surface area contributed by atoms with Crippen LogP contribution in [0.25, 0.3) is 0 Å². The van der Waals surface area contributed by atoms with Gasteiger partial charge in [-0.05, 0) is 18.4 Å². The lowest BCUT2D eigenvalue weighted by atomic mass is 9.96. The Labute approximate surface area is 95.9 Å². The minimum Gasteiger partial charge on any atom is -0.310 e. The van der Waals surface area contributed by atoms with Crippen molar-refractivity contribution >= 4 is 0 Å². The van der Waals surface area contributed by atoms with Crippen LogP contribution in [0.2, 0.25) is 0 Å². The van der Waals surface area contributed by atoms with E-state index in [0.29, 0.717) is 5.56 Å². The van der Waals surface area contributed by atoms with E-state index in [9.17, 15) is 8.78 Å². The number of nitrogens with one attached hydrogen (secondary N) is 1. The molecule has 1 unspecified atom stereocenters. The first-order valence-corrected chi connectivity index (χ1v) is 5.48. The van der Waals surface area contributed by atoms with Crippen LogP contribution in [0, 0.1) is 17.0 Å². The molecule has 0 amide bonds. The van der Waals surface area contributed by atoms with Crippen molar-refractivity contribution in [2.45, 2.75) is 33.7 Å². The largest absolute Gasteiger partial charge is 0.310 e. The molecule has 1 atom stereocenters. The van der Waals surface area contributed by atoms with E-state index in [1.54, 1.807) is 6.07 Å². The molecule has 1 N–H and O–H groups in total. The highest BCUT2D eigenvalue weighted by molar-refractivity contribution is 5.21. The molecule has 16 heavy (non-hydrogen) atoms. The second-order valence-electron chi connectivity index (χ2n) is 5.31. The van der Waals surface area contributed by atoms with Crippen molar-refractivity contribution in [2.75, 3.05) is 6.54 Å². The second kappa shape index (κ2) is 4.91. The molecule has 90 valence electrons. The van der Waals surface area contributed by atoms with Crippen LogP contribution in [0.15, 0.2) is 18.2 Å². The van der Waals surface area contributed by atoms with Gasteiger partial charge >= 0.3 is 0 Å². The third-order valence-electron chi connectivity index (χ3n) is 2.39. The van der Waals surface area contributed by atoms with Gasteiger partial charge in [-0.15, -0.1) is 0 Å². The highest BCUT2D eigenvalue weighted by Crippen LogP contribution is 2.20. The van der Waals surface area contributed by atoms with Crippen molar-refractivity contribution < 1.29 is 8.78 Å². The molecule has 3 heteroatoms. The predicted octanol–water partition coefficient (Wildman–Crippen LogP) is 3.66. The SMILES string of the molecule is CC(NCC(C)(C)C)c1cccc(F)c1F. The van der Waals surface area contributed by atoms with Crippen LogP contribution in [0.1, 0.15) is 39.3 Å². The minimum atomic E-state index is -0.790. The van der Waals surface area contributed by atoms with Gasteiger partial charge in [0.2, 0.25) is 0 Å². The molecule has 0 heterocycles. The van der Waals surface area contributed by atoms with Crippen molar-refractivity contribution in [3.8, 4) is 0 Å². The van der Waals surface area contributed by atoms with Crippen LogP contribution >= 0.6 is 0 Å². The molecule has 0 bridgehead atoms. The van der Waals surface area contributed by atoms with Gasteiger partial charge in [0.1, 0.15) is 0 Å². The van der Waals surface area contributed by atoms with Gasteiger partial charge in [-0.3, -0.25) is 0 Å². The van der Waals surface area contributed by atoms with E-state index in [-0.39, 0.29) is 11.5 Å². The van der Waals surface area contributed by atoms with E-state index in [0.717, 1.165) is 12.6 Å². The highest BCUT2D eigenvalue weighted by Gasteiger charge is 2.16. The predicted molar refractivity (Wildman–Crippen MR) is 62.2 cm³/mol. The molecular weight excluding hydrogens is 208 g/mol. The Morgan fingerprint density at radius 3 is 2.44 bits per heavy atom. The molecule has 0 aromatic heterocycles. The summed E-state index contributed by atoms with van der Waals surface area (Å²) < 4.78 is 26.5. The molecule has 0 fully saturated rings. The van der Waals surface area contributed by atoms with E-state index >= 15 is 0 Å². The number of hydrogen-bond donors (Lipinski definition) is 1. The molecule has 0 aliphatic heterocycles. The first kappa shape index (κ1) is 13.1. The summed E-state index contributed by atoms with van der Waals surface area (Å²) in [5.41, 5.74) is 0.502. The standard InChI is InChI=1S/C13H19F2N/c1-9(16-8-13(2,3)4)10-6-5-7-11(14)12(10)15/h5-7,9,16H,8H2,1-4H3. The quantitative estimate of drug-likeness (QED) is 0.831. The van der Waals surface area contributed by atoms with Crippen molar-refractivity contribution in [3.05, 3.63) is 35.4 Å². The van der Waals surface area contributed by atoms with Gasteiger partial charge < -0.3 is 5.32 Å². The molecule has 0 saturated carbocycles. The van der Waals surface area contributed by atoms with Gasteiger partial charge in [0.25, 0.3) is 0 Å². The highest BCUT2D eigenvalue weighted by atomic mass is 19.2. The van der Waals surface area contributed by atoms with E-state index < -0.39 is 11.6 Å². The van der Waals surface area contributed by atoms with Crippen molar-refractivity contribution in [3.63, 3.8) is 0 Å². The Morgan fingerprint density at radius 1 is 1.25 bits per heavy atom. The monoisotopic (exact) mass is 227 g/mol. The van der Waals surface area contributed by atoms with Gasteiger partial charge in [-0.25, -0.2) is 8.78 Å². The zero-order valence-electron chi connectivity index (χ0n) is 10.3. The summed E-state index contributed by atoms with van der Waals surface area (Å²) >= 11 is 0. The maximum absolute atomic E-state index is 13.5. The molecule has 0 radical (unpaired) electrons. The van der Waals surface area contributed by atoms with E-state index in [2.05, 4.69) is 26.1 Å². The van der Waals surface area contributed by atoms with E-state index in [1.807, 2.05) is 6.92 Å². The van der Waals surface area contributed by atoms with Gasteiger partial charge in [0, 0.05) is 18.2 Å². The molecule has 1 aromatic rings.